The number of carbonyl (C=O) groups is 2. The van der Waals surface area contributed by atoms with Gasteiger partial charge in [-0.2, -0.15) is 0 Å². The average Bonchev–Trinajstić information content (AvgIpc) is 2.19. The lowest BCUT2D eigenvalue weighted by Crippen LogP contribution is -2.16. The molecular formula is C9H7FN2O5. The van der Waals surface area contributed by atoms with E-state index in [-0.39, 0.29) is 5.69 Å². The monoisotopic (exact) mass is 242 g/mol. The van der Waals surface area contributed by atoms with Gasteiger partial charge in [-0.05, 0) is 6.07 Å². The van der Waals surface area contributed by atoms with Gasteiger partial charge < -0.3 is 10.4 Å². The Balaban J connectivity index is 2.83. The molecule has 1 aromatic rings. The molecule has 1 amide bonds. The number of halogens is 1. The number of nitrogens with one attached hydrogen (secondary N) is 1. The first kappa shape index (κ1) is 12.6. The maximum atomic E-state index is 13.2. The summed E-state index contributed by atoms with van der Waals surface area (Å²) in [5, 5.41) is 20.6. The number of nitro benzene ring substituents is 1. The van der Waals surface area contributed by atoms with Gasteiger partial charge in [0.1, 0.15) is 6.42 Å². The first-order valence-corrected chi connectivity index (χ1v) is 4.35. The molecule has 0 aromatic heterocycles. The van der Waals surface area contributed by atoms with Crippen LogP contribution in [0.15, 0.2) is 18.2 Å². The third-order valence-corrected chi connectivity index (χ3v) is 1.75. The third-order valence-electron chi connectivity index (χ3n) is 1.75. The molecule has 90 valence electrons. The van der Waals surface area contributed by atoms with E-state index in [9.17, 15) is 24.1 Å². The van der Waals surface area contributed by atoms with Crippen molar-refractivity contribution in [3.8, 4) is 0 Å². The fraction of sp³-hybridized carbons (Fsp3) is 0.111. The Morgan fingerprint density at radius 1 is 1.47 bits per heavy atom. The summed E-state index contributed by atoms with van der Waals surface area (Å²) in [7, 11) is 0. The third kappa shape index (κ3) is 3.52. The molecule has 7 nitrogen and oxygen atoms in total. The molecule has 0 saturated carbocycles. The average molecular weight is 242 g/mol. The highest BCUT2D eigenvalue weighted by Crippen LogP contribution is 2.20. The minimum Gasteiger partial charge on any atom is -0.481 e. The standard InChI is InChI=1S/C9H7FN2O5/c10-6-3-5(12(16)17)1-2-7(6)11-8(13)4-9(14)15/h1-3H,4H2,(H,11,13)(H,14,15). The van der Waals surface area contributed by atoms with Crippen LogP contribution in [0.1, 0.15) is 6.42 Å². The number of anilines is 1. The number of non-ortho nitro benzene ring substituents is 1. The maximum Gasteiger partial charge on any atom is 0.312 e. The van der Waals surface area contributed by atoms with E-state index in [1.54, 1.807) is 0 Å². The van der Waals surface area contributed by atoms with Crippen LogP contribution in [0.3, 0.4) is 0 Å². The second kappa shape index (κ2) is 5.01. The van der Waals surface area contributed by atoms with Crippen molar-refractivity contribution < 1.29 is 24.0 Å². The van der Waals surface area contributed by atoms with Gasteiger partial charge in [0.2, 0.25) is 5.91 Å². The zero-order valence-corrected chi connectivity index (χ0v) is 8.34. The first-order chi connectivity index (χ1) is 7.90. The van der Waals surface area contributed by atoms with Crippen molar-refractivity contribution in [3.63, 3.8) is 0 Å². The van der Waals surface area contributed by atoms with E-state index >= 15 is 0 Å². The molecule has 0 fully saturated rings. The molecule has 0 heterocycles. The molecular weight excluding hydrogens is 235 g/mol. The molecule has 0 spiro atoms. The van der Waals surface area contributed by atoms with Gasteiger partial charge >= 0.3 is 5.97 Å². The van der Waals surface area contributed by atoms with E-state index in [0.717, 1.165) is 12.1 Å². The number of rotatable bonds is 4. The van der Waals surface area contributed by atoms with Crippen LogP contribution in [-0.2, 0) is 9.59 Å². The molecule has 0 saturated heterocycles. The summed E-state index contributed by atoms with van der Waals surface area (Å²) < 4.78 is 13.2. The number of aliphatic carboxylic acids is 1. The molecule has 0 bridgehead atoms. The second-order valence-electron chi connectivity index (χ2n) is 3.04. The van der Waals surface area contributed by atoms with Crippen molar-refractivity contribution in [1.29, 1.82) is 0 Å². The largest absolute Gasteiger partial charge is 0.481 e. The summed E-state index contributed by atoms with van der Waals surface area (Å²) in [6.07, 6.45) is -0.809. The van der Waals surface area contributed by atoms with Crippen LogP contribution >= 0.6 is 0 Å². The number of carboxylic acids is 1. The fourth-order valence-corrected chi connectivity index (χ4v) is 1.05. The van der Waals surface area contributed by atoms with Gasteiger partial charge in [0.15, 0.2) is 5.82 Å². The highest BCUT2D eigenvalue weighted by atomic mass is 19.1. The number of carbonyl (C=O) groups excluding carboxylic acids is 1. The number of carboxylic acid groups (broad SMARTS) is 1. The molecule has 0 unspecified atom stereocenters. The van der Waals surface area contributed by atoms with Crippen molar-refractivity contribution in [1.82, 2.24) is 0 Å². The highest BCUT2D eigenvalue weighted by Gasteiger charge is 2.14. The molecule has 2 N–H and O–H groups in total. The molecule has 0 aliphatic rings. The Morgan fingerprint density at radius 3 is 2.59 bits per heavy atom. The molecule has 17 heavy (non-hydrogen) atoms. The lowest BCUT2D eigenvalue weighted by Gasteiger charge is -2.04. The predicted octanol–water partition coefficient (Wildman–Crippen LogP) is 1.15. The second-order valence-corrected chi connectivity index (χ2v) is 3.04. The Bertz CT molecular complexity index is 488. The van der Waals surface area contributed by atoms with Crippen LogP contribution in [0.4, 0.5) is 15.8 Å². The van der Waals surface area contributed by atoms with Gasteiger partial charge in [0.25, 0.3) is 5.69 Å². The summed E-state index contributed by atoms with van der Waals surface area (Å²) in [4.78, 5) is 30.7. The van der Waals surface area contributed by atoms with Crippen LogP contribution in [-0.4, -0.2) is 21.9 Å². The van der Waals surface area contributed by atoms with Gasteiger partial charge in [-0.15, -0.1) is 0 Å². The van der Waals surface area contributed by atoms with Crippen LogP contribution in [0, 0.1) is 15.9 Å². The van der Waals surface area contributed by atoms with Crippen molar-refractivity contribution in [3.05, 3.63) is 34.1 Å². The minimum absolute atomic E-state index is 0.304. The predicted molar refractivity (Wildman–Crippen MR) is 53.9 cm³/mol. The zero-order valence-electron chi connectivity index (χ0n) is 8.34. The van der Waals surface area contributed by atoms with Crippen LogP contribution in [0.5, 0.6) is 0 Å². The van der Waals surface area contributed by atoms with Crippen molar-refractivity contribution in [2.24, 2.45) is 0 Å². The SMILES string of the molecule is O=C(O)CC(=O)Nc1ccc([N+](=O)[O-])cc1F. The van der Waals surface area contributed by atoms with E-state index in [1.165, 1.54) is 0 Å². The van der Waals surface area contributed by atoms with Crippen LogP contribution in [0.2, 0.25) is 0 Å². The number of nitrogens with zero attached hydrogens (tertiary/aromatic N) is 1. The first-order valence-electron chi connectivity index (χ1n) is 4.35. The van der Waals surface area contributed by atoms with Crippen molar-refractivity contribution >= 4 is 23.3 Å². The Kier molecular flexibility index (Phi) is 3.70. The quantitative estimate of drug-likeness (QED) is 0.467. The maximum absolute atomic E-state index is 13.2. The van der Waals surface area contributed by atoms with Crippen LogP contribution < -0.4 is 5.32 Å². The minimum atomic E-state index is -1.36. The summed E-state index contributed by atoms with van der Waals surface area (Å²) in [5.74, 6) is -3.27. The number of benzene rings is 1. The molecule has 1 aromatic carbocycles. The van der Waals surface area contributed by atoms with E-state index in [4.69, 9.17) is 5.11 Å². The summed E-state index contributed by atoms with van der Waals surface area (Å²) >= 11 is 0. The number of hydrogen-bond acceptors (Lipinski definition) is 4. The van der Waals surface area contributed by atoms with E-state index < -0.39 is 34.7 Å². The van der Waals surface area contributed by atoms with Gasteiger partial charge in [0.05, 0.1) is 16.7 Å². The Labute approximate surface area is 94.0 Å². The topological polar surface area (TPSA) is 110 Å². The van der Waals surface area contributed by atoms with Gasteiger partial charge in [-0.25, -0.2) is 4.39 Å². The molecule has 8 heteroatoms. The molecule has 0 aliphatic carbocycles. The molecule has 0 aliphatic heterocycles. The number of nitro groups is 1. The van der Waals surface area contributed by atoms with Gasteiger partial charge in [-0.3, -0.25) is 19.7 Å². The van der Waals surface area contributed by atoms with Crippen molar-refractivity contribution in [2.75, 3.05) is 5.32 Å². The normalized spacial score (nSPS) is 9.71. The molecule has 0 atom stereocenters. The summed E-state index contributed by atoms with van der Waals surface area (Å²) in [6, 6.07) is 2.63. The summed E-state index contributed by atoms with van der Waals surface area (Å²) in [6.45, 7) is 0. The smallest absolute Gasteiger partial charge is 0.312 e. The lowest BCUT2D eigenvalue weighted by atomic mass is 10.2. The van der Waals surface area contributed by atoms with E-state index in [0.29, 0.717) is 6.07 Å². The van der Waals surface area contributed by atoms with Crippen molar-refractivity contribution in [2.45, 2.75) is 6.42 Å². The van der Waals surface area contributed by atoms with Crippen LogP contribution in [0.25, 0.3) is 0 Å². The number of amides is 1. The van der Waals surface area contributed by atoms with E-state index in [2.05, 4.69) is 0 Å². The zero-order chi connectivity index (χ0) is 13.0. The molecule has 0 radical (unpaired) electrons. The lowest BCUT2D eigenvalue weighted by molar-refractivity contribution is -0.385. The van der Waals surface area contributed by atoms with Gasteiger partial charge in [-0.1, -0.05) is 0 Å². The van der Waals surface area contributed by atoms with Gasteiger partial charge in [0, 0.05) is 6.07 Å². The molecule has 1 rings (SSSR count). The fourth-order valence-electron chi connectivity index (χ4n) is 1.05. The highest BCUT2D eigenvalue weighted by molar-refractivity contribution is 6.01. The Morgan fingerprint density at radius 2 is 2.12 bits per heavy atom. The number of hydrogen-bond donors (Lipinski definition) is 2. The summed E-state index contributed by atoms with van der Waals surface area (Å²) in [5.41, 5.74) is -0.763. The Hall–Kier alpha value is -2.51. The van der Waals surface area contributed by atoms with E-state index in [1.807, 2.05) is 5.32 Å².